The normalized spacial score (nSPS) is 15.8. The van der Waals surface area contributed by atoms with E-state index in [0.29, 0.717) is 6.08 Å². The second kappa shape index (κ2) is 12.7. The smallest absolute Gasteiger partial charge is 0.475 e. The summed E-state index contributed by atoms with van der Waals surface area (Å²) in [4.78, 5) is 40.0. The number of aryl methyl sites for hydroxylation is 1. The number of nitrogens with zero attached hydrogens (tertiary/aromatic N) is 2. The van der Waals surface area contributed by atoms with E-state index in [4.69, 9.17) is 14.2 Å². The Labute approximate surface area is 216 Å². The van der Waals surface area contributed by atoms with E-state index in [1.54, 1.807) is 0 Å². The molecule has 0 bridgehead atoms. The molecule has 1 unspecified atom stereocenters. The minimum absolute atomic E-state index is 0.0979. The summed E-state index contributed by atoms with van der Waals surface area (Å²) in [5.74, 6) is -2.81. The Morgan fingerprint density at radius 1 is 1.13 bits per heavy atom. The topological polar surface area (TPSA) is 136 Å². The Hall–Kier alpha value is -3.96. The van der Waals surface area contributed by atoms with Crippen LogP contribution in [0.2, 0.25) is 0 Å². The number of rotatable bonds is 11. The summed E-state index contributed by atoms with van der Waals surface area (Å²) in [5.41, 5.74) is -1.57. The molecule has 0 spiro atoms. The Morgan fingerprint density at radius 3 is 2.36 bits per heavy atom. The Bertz CT molecular complexity index is 1090. The standard InChI is InChI=1S/C21H22F6N2O10/c1-11-8-14(39-21(25,26)27)9-13-10-15(17(20(22,23)24)38-16(11)13)18(30)36-12(2)37-19(31)34-6-4-28(3)5-7-35-29(32)33/h8-10,12,17H,4-7H2,1-3H3/t12?,17-/m0/s1. The van der Waals surface area contributed by atoms with Crippen LogP contribution in [0.4, 0.5) is 31.1 Å². The second-order valence-corrected chi connectivity index (χ2v) is 7.89. The zero-order valence-electron chi connectivity index (χ0n) is 20.5. The van der Waals surface area contributed by atoms with E-state index in [2.05, 4.69) is 14.3 Å². The lowest BCUT2D eigenvalue weighted by Crippen LogP contribution is -2.41. The molecule has 0 N–H and O–H groups in total. The van der Waals surface area contributed by atoms with E-state index in [-0.39, 0.29) is 37.4 Å². The first-order valence-corrected chi connectivity index (χ1v) is 10.8. The molecule has 0 aliphatic carbocycles. The lowest BCUT2D eigenvalue weighted by Gasteiger charge is -2.29. The first-order chi connectivity index (χ1) is 18.0. The maximum atomic E-state index is 13.7. The summed E-state index contributed by atoms with van der Waals surface area (Å²) >= 11 is 0. The van der Waals surface area contributed by atoms with Gasteiger partial charge in [0.2, 0.25) is 12.4 Å². The fourth-order valence-electron chi connectivity index (χ4n) is 3.14. The van der Waals surface area contributed by atoms with Gasteiger partial charge >= 0.3 is 24.7 Å². The summed E-state index contributed by atoms with van der Waals surface area (Å²) in [7, 11) is 1.54. The van der Waals surface area contributed by atoms with E-state index in [9.17, 15) is 46.0 Å². The van der Waals surface area contributed by atoms with Gasteiger partial charge in [-0.2, -0.15) is 13.2 Å². The molecule has 1 aromatic carbocycles. The summed E-state index contributed by atoms with van der Waals surface area (Å²) in [6.45, 7) is 1.91. The van der Waals surface area contributed by atoms with Crippen molar-refractivity contribution in [1.29, 1.82) is 0 Å². The largest absolute Gasteiger partial charge is 0.573 e. The van der Waals surface area contributed by atoms with E-state index >= 15 is 0 Å². The average Bonchev–Trinajstić information content (AvgIpc) is 2.76. The number of carbonyl (C=O) groups is 2. The van der Waals surface area contributed by atoms with Crippen LogP contribution in [-0.2, 0) is 23.8 Å². The van der Waals surface area contributed by atoms with Crippen molar-refractivity contribution in [2.45, 2.75) is 38.8 Å². The number of hydrogen-bond acceptors (Lipinski definition) is 11. The number of halogens is 6. The summed E-state index contributed by atoms with van der Waals surface area (Å²) in [5, 5.41) is 9.12. The predicted molar refractivity (Wildman–Crippen MR) is 115 cm³/mol. The molecule has 218 valence electrons. The van der Waals surface area contributed by atoms with E-state index in [1.807, 2.05) is 0 Å². The third-order valence-corrected chi connectivity index (χ3v) is 4.77. The van der Waals surface area contributed by atoms with Crippen molar-refractivity contribution in [3.8, 4) is 11.5 Å². The van der Waals surface area contributed by atoms with Crippen LogP contribution in [-0.4, -0.2) is 80.4 Å². The van der Waals surface area contributed by atoms with Crippen LogP contribution in [0.25, 0.3) is 6.08 Å². The first-order valence-electron chi connectivity index (χ1n) is 10.8. The highest BCUT2D eigenvalue weighted by Crippen LogP contribution is 2.41. The van der Waals surface area contributed by atoms with Crippen LogP contribution in [0.5, 0.6) is 11.5 Å². The highest BCUT2D eigenvalue weighted by molar-refractivity contribution is 5.96. The van der Waals surface area contributed by atoms with E-state index in [0.717, 1.165) is 19.1 Å². The van der Waals surface area contributed by atoms with Crippen molar-refractivity contribution in [1.82, 2.24) is 4.90 Å². The summed E-state index contributed by atoms with van der Waals surface area (Å²) in [6, 6.07) is 1.55. The number of benzene rings is 1. The van der Waals surface area contributed by atoms with Gasteiger partial charge in [0.25, 0.3) is 5.09 Å². The molecule has 12 nitrogen and oxygen atoms in total. The average molecular weight is 576 g/mol. The van der Waals surface area contributed by atoms with Crippen molar-refractivity contribution in [3.05, 3.63) is 38.9 Å². The highest BCUT2D eigenvalue weighted by atomic mass is 19.4. The van der Waals surface area contributed by atoms with Gasteiger partial charge in [-0.1, -0.05) is 0 Å². The van der Waals surface area contributed by atoms with Crippen molar-refractivity contribution in [3.63, 3.8) is 0 Å². The van der Waals surface area contributed by atoms with Crippen molar-refractivity contribution in [2.24, 2.45) is 0 Å². The van der Waals surface area contributed by atoms with E-state index in [1.165, 1.54) is 18.9 Å². The van der Waals surface area contributed by atoms with Crippen LogP contribution in [0, 0.1) is 17.0 Å². The number of likely N-dealkylation sites (N-methyl/N-ethyl adjacent to an activating group) is 1. The zero-order valence-corrected chi connectivity index (χ0v) is 20.5. The molecule has 1 heterocycles. The minimum Gasteiger partial charge on any atom is -0.475 e. The van der Waals surface area contributed by atoms with Crippen molar-refractivity contribution in [2.75, 3.05) is 33.4 Å². The molecule has 0 saturated heterocycles. The lowest BCUT2D eigenvalue weighted by atomic mass is 9.99. The van der Waals surface area contributed by atoms with Crippen molar-refractivity contribution < 1.29 is 69.5 Å². The molecule has 0 aromatic heterocycles. The number of ether oxygens (including phenoxy) is 5. The molecule has 2 rings (SSSR count). The predicted octanol–water partition coefficient (Wildman–Crippen LogP) is 3.78. The molecule has 0 saturated carbocycles. The fraction of sp³-hybridized carbons (Fsp3) is 0.524. The van der Waals surface area contributed by atoms with E-state index < -0.39 is 59.2 Å². The van der Waals surface area contributed by atoms with Crippen molar-refractivity contribution >= 4 is 18.2 Å². The van der Waals surface area contributed by atoms with Gasteiger partial charge in [-0.3, -0.25) is 0 Å². The molecule has 0 amide bonds. The Morgan fingerprint density at radius 2 is 1.77 bits per heavy atom. The zero-order chi connectivity index (χ0) is 29.5. The van der Waals surface area contributed by atoms with Gasteiger partial charge in [-0.25, -0.2) is 9.59 Å². The van der Waals surface area contributed by atoms with Gasteiger partial charge < -0.3 is 33.4 Å². The number of alkyl halides is 6. The third kappa shape index (κ3) is 10.0. The van der Waals surface area contributed by atoms with Crippen LogP contribution in [0.3, 0.4) is 0 Å². The van der Waals surface area contributed by atoms with Gasteiger partial charge in [-0.05, 0) is 37.7 Å². The first kappa shape index (κ1) is 31.3. The maximum absolute atomic E-state index is 13.7. The second-order valence-electron chi connectivity index (χ2n) is 7.89. The lowest BCUT2D eigenvalue weighted by molar-refractivity contribution is -0.757. The fourth-order valence-corrected chi connectivity index (χ4v) is 3.14. The van der Waals surface area contributed by atoms with Gasteiger partial charge in [-0.15, -0.1) is 23.3 Å². The molecule has 1 aliphatic heterocycles. The van der Waals surface area contributed by atoms with Crippen LogP contribution < -0.4 is 9.47 Å². The SMILES string of the molecule is Cc1cc(OC(F)(F)F)cc2c1O[C@H](C(F)(F)F)C(C(=O)OC(C)OC(=O)OCCN(C)CCO[N+](=O)[O-])=C2. The van der Waals surface area contributed by atoms with Crippen LogP contribution in [0.15, 0.2) is 17.7 Å². The molecular formula is C21H22F6N2O10. The molecule has 0 fully saturated rings. The van der Waals surface area contributed by atoms with Crippen LogP contribution >= 0.6 is 0 Å². The number of carbonyl (C=O) groups excluding carboxylic acids is 2. The molecule has 39 heavy (non-hydrogen) atoms. The quantitative estimate of drug-likeness (QED) is 0.125. The Balaban J connectivity index is 2.05. The number of fused-ring (bicyclic) bond motifs is 1. The molecule has 0 radical (unpaired) electrons. The van der Waals surface area contributed by atoms with Crippen LogP contribution in [0.1, 0.15) is 18.1 Å². The summed E-state index contributed by atoms with van der Waals surface area (Å²) < 4.78 is 102. The maximum Gasteiger partial charge on any atom is 0.573 e. The molecule has 18 heteroatoms. The Kier molecular flexibility index (Phi) is 10.2. The number of esters is 1. The van der Waals surface area contributed by atoms with Gasteiger partial charge in [0, 0.05) is 25.6 Å². The monoisotopic (exact) mass is 576 g/mol. The molecule has 1 aliphatic rings. The highest BCUT2D eigenvalue weighted by Gasteiger charge is 2.49. The third-order valence-electron chi connectivity index (χ3n) is 4.77. The van der Waals surface area contributed by atoms with Gasteiger partial charge in [0.1, 0.15) is 24.7 Å². The van der Waals surface area contributed by atoms with Gasteiger partial charge in [0.05, 0.1) is 5.57 Å². The molecule has 2 atom stereocenters. The minimum atomic E-state index is -5.13. The molecule has 1 aromatic rings. The number of hydrogen-bond donors (Lipinski definition) is 0. The van der Waals surface area contributed by atoms with Gasteiger partial charge in [0.15, 0.2) is 0 Å². The molecular weight excluding hydrogens is 554 g/mol. The summed E-state index contributed by atoms with van der Waals surface area (Å²) in [6.07, 6.45) is -15.5.